The molecule has 4 aliphatic carbocycles. The summed E-state index contributed by atoms with van der Waals surface area (Å²) in [7, 11) is 0. The molecule has 0 spiro atoms. The summed E-state index contributed by atoms with van der Waals surface area (Å²) in [6, 6.07) is 0. The molecule has 204 valence electrons. The van der Waals surface area contributed by atoms with Gasteiger partial charge >= 0.3 is 0 Å². The van der Waals surface area contributed by atoms with E-state index < -0.39 is 46.3 Å². The lowest BCUT2D eigenvalue weighted by Crippen LogP contribution is -2.62. The van der Waals surface area contributed by atoms with Crippen LogP contribution in [0, 0.1) is 34.5 Å². The van der Waals surface area contributed by atoms with Crippen molar-refractivity contribution in [3.05, 3.63) is 23.3 Å². The van der Waals surface area contributed by atoms with Crippen LogP contribution in [0.2, 0.25) is 0 Å². The number of carbonyl (C=O) groups excluding carboxylic acids is 1. The maximum absolute atomic E-state index is 13.3. The Hall–Kier alpha value is -1.09. The van der Waals surface area contributed by atoms with Gasteiger partial charge in [0.05, 0.1) is 36.1 Å². The molecule has 0 heterocycles. The Morgan fingerprint density at radius 2 is 1.83 bits per heavy atom. The van der Waals surface area contributed by atoms with Crippen molar-refractivity contribution in [2.45, 2.75) is 109 Å². The summed E-state index contributed by atoms with van der Waals surface area (Å²) in [5.74, 6) is -0.848. The average molecular weight is 507 g/mol. The van der Waals surface area contributed by atoms with Gasteiger partial charge in [0.25, 0.3) is 0 Å². The summed E-state index contributed by atoms with van der Waals surface area (Å²) in [6.07, 6.45) is 3.43. The molecule has 7 heteroatoms. The minimum Gasteiger partial charge on any atom is -0.392 e. The van der Waals surface area contributed by atoms with E-state index in [-0.39, 0.29) is 43.0 Å². The lowest BCUT2D eigenvalue weighted by Gasteiger charge is -2.60. The Kier molecular flexibility index (Phi) is 7.20. The maximum atomic E-state index is 13.3. The fraction of sp³-hybridized carbons (Fsp3) is 0.828. The zero-order chi connectivity index (χ0) is 26.8. The molecular weight excluding hydrogens is 460 g/mol. The van der Waals surface area contributed by atoms with Gasteiger partial charge in [0, 0.05) is 11.3 Å². The molecule has 0 amide bonds. The third kappa shape index (κ3) is 3.97. The van der Waals surface area contributed by atoms with Crippen LogP contribution >= 0.6 is 0 Å². The van der Waals surface area contributed by atoms with Crippen molar-refractivity contribution in [3.8, 4) is 0 Å². The topological polar surface area (TPSA) is 138 Å². The molecule has 10 atom stereocenters. The van der Waals surface area contributed by atoms with Gasteiger partial charge in [-0.15, -0.1) is 0 Å². The number of fused-ring (bicyclic) bond motifs is 5. The lowest BCUT2D eigenvalue weighted by atomic mass is 9.45. The summed E-state index contributed by atoms with van der Waals surface area (Å²) >= 11 is 0. The van der Waals surface area contributed by atoms with Gasteiger partial charge in [-0.05, 0) is 86.7 Å². The lowest BCUT2D eigenvalue weighted by molar-refractivity contribution is -0.175. The number of aliphatic hydroxyl groups is 6. The highest BCUT2D eigenvalue weighted by molar-refractivity contribution is 5.95. The summed E-state index contributed by atoms with van der Waals surface area (Å²) < 4.78 is 0. The zero-order valence-corrected chi connectivity index (χ0v) is 22.4. The Morgan fingerprint density at radius 1 is 1.17 bits per heavy atom. The third-order valence-electron chi connectivity index (χ3n) is 11.0. The standard InChI is InChI=1S/C29H46O7/c1-16(2)17(8-11-30)12-25(34)28(5,35)24-7-10-29(36)19-13-21(31)20-14-22(32)23(33)15-26(20,3)18(19)6-9-27(24,29)4/h8,13,16,18,20,22-25,30,32-36H,6-7,9-12,14-15H2,1-5H3/t18-,20-,22+,23-,24-,25+,26+,27+,28+,29+/m0/s1. The van der Waals surface area contributed by atoms with Crippen molar-refractivity contribution in [2.75, 3.05) is 6.61 Å². The zero-order valence-electron chi connectivity index (χ0n) is 22.4. The number of hydrogen-bond donors (Lipinski definition) is 6. The molecule has 0 aliphatic heterocycles. The second-order valence-electron chi connectivity index (χ2n) is 13.2. The van der Waals surface area contributed by atoms with Crippen LogP contribution < -0.4 is 0 Å². The molecular formula is C29H46O7. The fourth-order valence-electron chi connectivity index (χ4n) is 8.64. The first kappa shape index (κ1) is 27.9. The number of aliphatic hydroxyl groups excluding tert-OH is 4. The van der Waals surface area contributed by atoms with Crippen molar-refractivity contribution in [2.24, 2.45) is 34.5 Å². The normalized spacial score (nSPS) is 45.4. The Balaban J connectivity index is 1.67. The van der Waals surface area contributed by atoms with Gasteiger partial charge in [0.15, 0.2) is 5.78 Å². The van der Waals surface area contributed by atoms with Crippen LogP contribution in [-0.2, 0) is 4.79 Å². The molecule has 6 N–H and O–H groups in total. The number of rotatable bonds is 6. The van der Waals surface area contributed by atoms with Crippen LogP contribution in [0.3, 0.4) is 0 Å². The predicted octanol–water partition coefficient (Wildman–Crippen LogP) is 2.27. The van der Waals surface area contributed by atoms with Gasteiger partial charge in [-0.25, -0.2) is 0 Å². The van der Waals surface area contributed by atoms with Crippen molar-refractivity contribution >= 4 is 5.78 Å². The van der Waals surface area contributed by atoms with E-state index in [1.807, 2.05) is 27.7 Å². The van der Waals surface area contributed by atoms with Gasteiger partial charge in [-0.2, -0.15) is 0 Å². The van der Waals surface area contributed by atoms with Crippen LogP contribution in [0.25, 0.3) is 0 Å². The highest BCUT2D eigenvalue weighted by Crippen LogP contribution is 2.68. The number of carbonyl (C=O) groups is 1. The summed E-state index contributed by atoms with van der Waals surface area (Å²) in [6.45, 7) is 9.50. The Labute approximate surface area is 214 Å². The van der Waals surface area contributed by atoms with Crippen molar-refractivity contribution in [1.82, 2.24) is 0 Å². The van der Waals surface area contributed by atoms with Gasteiger partial charge in [-0.1, -0.05) is 39.3 Å². The molecule has 7 nitrogen and oxygen atoms in total. The molecule has 4 aliphatic rings. The molecule has 4 rings (SSSR count). The van der Waals surface area contributed by atoms with E-state index >= 15 is 0 Å². The van der Waals surface area contributed by atoms with E-state index in [0.717, 1.165) is 5.57 Å². The minimum absolute atomic E-state index is 0.0888. The first-order chi connectivity index (χ1) is 16.6. The molecule has 3 fully saturated rings. The van der Waals surface area contributed by atoms with Gasteiger partial charge in [0.2, 0.25) is 0 Å². The van der Waals surface area contributed by atoms with Crippen molar-refractivity contribution < 1.29 is 35.4 Å². The van der Waals surface area contributed by atoms with Crippen molar-refractivity contribution in [3.63, 3.8) is 0 Å². The second-order valence-corrected chi connectivity index (χ2v) is 13.2. The summed E-state index contributed by atoms with van der Waals surface area (Å²) in [5.41, 5.74) is -2.47. The Morgan fingerprint density at radius 3 is 2.44 bits per heavy atom. The SMILES string of the molecule is CC(C)C(=CCO)C[C@@H](O)[C@](C)(O)[C@H]1CC[C@@]2(O)C3=CC(=O)[C@@H]4C[C@@H](O)[C@@H](O)C[C@]4(C)[C@H]3CC[C@]12C. The quantitative estimate of drug-likeness (QED) is 0.304. The molecule has 3 saturated carbocycles. The first-order valence-corrected chi connectivity index (χ1v) is 13.7. The fourth-order valence-corrected chi connectivity index (χ4v) is 8.64. The van der Waals surface area contributed by atoms with E-state index in [2.05, 4.69) is 0 Å². The number of allylic oxidation sites excluding steroid dienone is 1. The van der Waals surface area contributed by atoms with E-state index in [1.54, 1.807) is 19.1 Å². The van der Waals surface area contributed by atoms with E-state index in [9.17, 15) is 35.4 Å². The molecule has 0 saturated heterocycles. The third-order valence-corrected chi connectivity index (χ3v) is 11.0. The second kappa shape index (κ2) is 9.28. The molecule has 0 aromatic heterocycles. The minimum atomic E-state index is -1.48. The monoisotopic (exact) mass is 506 g/mol. The highest BCUT2D eigenvalue weighted by atomic mass is 16.3. The molecule has 0 unspecified atom stereocenters. The molecule has 0 aromatic rings. The smallest absolute Gasteiger partial charge is 0.159 e. The Bertz CT molecular complexity index is 938. The first-order valence-electron chi connectivity index (χ1n) is 13.7. The van der Waals surface area contributed by atoms with Crippen molar-refractivity contribution in [1.29, 1.82) is 0 Å². The number of ketones is 1. The van der Waals surface area contributed by atoms with Crippen LogP contribution in [-0.4, -0.2) is 72.5 Å². The largest absolute Gasteiger partial charge is 0.392 e. The number of hydrogen-bond acceptors (Lipinski definition) is 7. The van der Waals surface area contributed by atoms with Crippen LogP contribution in [0.1, 0.15) is 79.6 Å². The van der Waals surface area contributed by atoms with E-state index in [4.69, 9.17) is 0 Å². The maximum Gasteiger partial charge on any atom is 0.159 e. The van der Waals surface area contributed by atoms with Crippen LogP contribution in [0.15, 0.2) is 23.3 Å². The summed E-state index contributed by atoms with van der Waals surface area (Å²) in [4.78, 5) is 13.3. The van der Waals surface area contributed by atoms with E-state index in [1.165, 1.54) is 0 Å². The van der Waals surface area contributed by atoms with E-state index in [0.29, 0.717) is 37.7 Å². The molecule has 36 heavy (non-hydrogen) atoms. The average Bonchev–Trinajstić information content (AvgIpc) is 3.07. The van der Waals surface area contributed by atoms with Crippen LogP contribution in [0.5, 0.6) is 0 Å². The van der Waals surface area contributed by atoms with Gasteiger partial charge < -0.3 is 30.6 Å². The summed E-state index contributed by atoms with van der Waals surface area (Å²) in [5, 5.41) is 65.4. The molecule has 0 radical (unpaired) electrons. The molecule has 0 bridgehead atoms. The van der Waals surface area contributed by atoms with Gasteiger partial charge in [-0.3, -0.25) is 4.79 Å². The highest BCUT2D eigenvalue weighted by Gasteiger charge is 2.69. The van der Waals surface area contributed by atoms with Crippen LogP contribution in [0.4, 0.5) is 0 Å². The predicted molar refractivity (Wildman–Crippen MR) is 136 cm³/mol. The van der Waals surface area contributed by atoms with Gasteiger partial charge in [0.1, 0.15) is 0 Å². The molecule has 0 aromatic carbocycles.